The predicted octanol–water partition coefficient (Wildman–Crippen LogP) is 2.56. The van der Waals surface area contributed by atoms with Gasteiger partial charge >= 0.3 is 0 Å². The first-order valence-corrected chi connectivity index (χ1v) is 7.84. The summed E-state index contributed by atoms with van der Waals surface area (Å²) >= 11 is 3.46. The van der Waals surface area contributed by atoms with Gasteiger partial charge in [-0.1, -0.05) is 12.2 Å². The van der Waals surface area contributed by atoms with Gasteiger partial charge in [-0.3, -0.25) is 4.79 Å². The van der Waals surface area contributed by atoms with E-state index in [0.29, 0.717) is 5.90 Å². The van der Waals surface area contributed by atoms with Crippen LogP contribution < -0.4 is 0 Å². The van der Waals surface area contributed by atoms with Crippen molar-refractivity contribution in [2.75, 3.05) is 18.6 Å². The van der Waals surface area contributed by atoms with Gasteiger partial charge in [0.1, 0.15) is 5.03 Å². The van der Waals surface area contributed by atoms with E-state index < -0.39 is 0 Å². The van der Waals surface area contributed by atoms with Crippen LogP contribution in [0.2, 0.25) is 0 Å². The number of ketones is 1. The zero-order valence-electron chi connectivity index (χ0n) is 10.0. The number of ether oxygens (including phenoxy) is 1. The maximum absolute atomic E-state index is 12.0. The molecule has 2 aliphatic heterocycles. The molecule has 0 spiro atoms. The molecule has 0 aromatic heterocycles. The molecule has 3 aliphatic rings. The quantitative estimate of drug-likeness (QED) is 0.683. The van der Waals surface area contributed by atoms with Crippen LogP contribution in [0.15, 0.2) is 39.4 Å². The maximum atomic E-state index is 12.0. The molecule has 1 atom stereocenters. The first kappa shape index (κ1) is 12.1. The molecule has 1 unspecified atom stereocenters. The van der Waals surface area contributed by atoms with E-state index in [2.05, 4.69) is 4.99 Å². The molecule has 0 aromatic rings. The molecule has 0 bridgehead atoms. The summed E-state index contributed by atoms with van der Waals surface area (Å²) < 4.78 is 5.39. The second-order valence-corrected chi connectivity index (χ2v) is 6.38. The Kier molecular flexibility index (Phi) is 3.35. The van der Waals surface area contributed by atoms with E-state index in [1.54, 1.807) is 42.8 Å². The van der Waals surface area contributed by atoms with Crippen molar-refractivity contribution >= 4 is 35.2 Å². The van der Waals surface area contributed by atoms with Gasteiger partial charge in [-0.2, -0.15) is 0 Å². The smallest absolute Gasteiger partial charge is 0.218 e. The number of thioether (sulfide) groups is 2. The Morgan fingerprint density at radius 1 is 1.50 bits per heavy atom. The molecule has 3 nitrogen and oxygen atoms in total. The van der Waals surface area contributed by atoms with Crippen molar-refractivity contribution < 1.29 is 9.53 Å². The van der Waals surface area contributed by atoms with Gasteiger partial charge in [0.05, 0.1) is 12.4 Å². The molecule has 0 fully saturated rings. The predicted molar refractivity (Wildman–Crippen MR) is 77.0 cm³/mol. The Bertz CT molecular complexity index is 517. The average Bonchev–Trinajstić information content (AvgIpc) is 2.78. The third-order valence-electron chi connectivity index (χ3n) is 3.09. The highest BCUT2D eigenvalue weighted by Gasteiger charge is 2.31. The fourth-order valence-electron chi connectivity index (χ4n) is 2.16. The Labute approximate surface area is 114 Å². The minimum Gasteiger partial charge on any atom is -0.481 e. The molecule has 18 heavy (non-hydrogen) atoms. The van der Waals surface area contributed by atoms with Crippen LogP contribution in [0.5, 0.6) is 0 Å². The van der Waals surface area contributed by atoms with Gasteiger partial charge in [-0.15, -0.1) is 23.5 Å². The van der Waals surface area contributed by atoms with Gasteiger partial charge < -0.3 is 4.74 Å². The molecule has 0 radical (unpaired) electrons. The number of aliphatic imine (C=N–C) groups is 1. The van der Waals surface area contributed by atoms with Gasteiger partial charge in [0.2, 0.25) is 5.90 Å². The van der Waals surface area contributed by atoms with E-state index in [0.717, 1.165) is 28.5 Å². The summed E-state index contributed by atoms with van der Waals surface area (Å²) in [5.41, 5.74) is 2.25. The van der Waals surface area contributed by atoms with Crippen LogP contribution in [0, 0.1) is 0 Å². The number of rotatable bonds is 0. The number of allylic oxidation sites excluding steroid dienone is 3. The van der Waals surface area contributed by atoms with Crippen LogP contribution in [0.3, 0.4) is 0 Å². The molecule has 94 valence electrons. The molecule has 1 aliphatic carbocycles. The first-order chi connectivity index (χ1) is 8.79. The van der Waals surface area contributed by atoms with Gasteiger partial charge in [0.25, 0.3) is 0 Å². The lowest BCUT2D eigenvalue weighted by Crippen LogP contribution is -2.27. The van der Waals surface area contributed by atoms with E-state index in [1.807, 2.05) is 6.08 Å². The summed E-state index contributed by atoms with van der Waals surface area (Å²) in [4.78, 5) is 16.6. The summed E-state index contributed by atoms with van der Waals surface area (Å²) in [5, 5.41) is 0.925. The number of methoxy groups -OCH3 is 1. The number of carbonyl (C=O) groups is 1. The summed E-state index contributed by atoms with van der Waals surface area (Å²) in [6.07, 6.45) is 6.42. The Morgan fingerprint density at radius 3 is 3.22 bits per heavy atom. The molecular weight excluding hydrogens is 266 g/mol. The number of fused-ring (bicyclic) bond motifs is 1. The summed E-state index contributed by atoms with van der Waals surface area (Å²) in [6, 6.07) is 0. The lowest BCUT2D eigenvalue weighted by molar-refractivity contribution is -0.113. The molecule has 3 rings (SSSR count). The Morgan fingerprint density at radius 2 is 2.39 bits per heavy atom. The normalized spacial score (nSPS) is 26.9. The van der Waals surface area contributed by atoms with Crippen molar-refractivity contribution in [3.63, 3.8) is 0 Å². The van der Waals surface area contributed by atoms with Crippen molar-refractivity contribution in [3.05, 3.63) is 34.4 Å². The van der Waals surface area contributed by atoms with Crippen LogP contribution in [0.4, 0.5) is 0 Å². The minimum absolute atomic E-state index is 0.136. The van der Waals surface area contributed by atoms with Crippen molar-refractivity contribution in [1.82, 2.24) is 0 Å². The van der Waals surface area contributed by atoms with Crippen LogP contribution in [-0.4, -0.2) is 35.5 Å². The molecule has 0 N–H and O–H groups in total. The number of hydrogen-bond donors (Lipinski definition) is 0. The topological polar surface area (TPSA) is 38.7 Å². The lowest BCUT2D eigenvalue weighted by Gasteiger charge is -2.22. The summed E-state index contributed by atoms with van der Waals surface area (Å²) in [5.74, 6) is 2.70. The second-order valence-electron chi connectivity index (χ2n) is 4.20. The largest absolute Gasteiger partial charge is 0.481 e. The standard InChI is InChI=1S/C13H13NO2S2/c1-16-12-9-3-2-4-10(15)11(9)18-7-8-5-6-17-13(8)14-12/h2-4,11H,5-7H2,1H3. The Hall–Kier alpha value is -0.940. The van der Waals surface area contributed by atoms with Crippen molar-refractivity contribution in [1.29, 1.82) is 0 Å². The van der Waals surface area contributed by atoms with Crippen LogP contribution >= 0.6 is 23.5 Å². The average molecular weight is 279 g/mol. The third-order valence-corrected chi connectivity index (χ3v) is 5.49. The zero-order chi connectivity index (χ0) is 12.5. The van der Waals surface area contributed by atoms with E-state index in [9.17, 15) is 4.79 Å². The van der Waals surface area contributed by atoms with Gasteiger partial charge in [-0.25, -0.2) is 4.99 Å². The van der Waals surface area contributed by atoms with E-state index in [4.69, 9.17) is 4.74 Å². The van der Waals surface area contributed by atoms with Crippen molar-refractivity contribution in [2.45, 2.75) is 11.7 Å². The van der Waals surface area contributed by atoms with Gasteiger partial charge in [0.15, 0.2) is 5.78 Å². The minimum atomic E-state index is -0.159. The number of carbonyl (C=O) groups excluding carboxylic acids is 1. The molecule has 0 saturated carbocycles. The highest BCUT2D eigenvalue weighted by molar-refractivity contribution is 8.03. The fraction of sp³-hybridized carbons (Fsp3) is 0.385. The SMILES string of the molecule is COC1=NC2=C(CCS2)CSC2C(=O)C=CC=C12. The molecular formula is C13H13NO2S2. The molecule has 0 saturated heterocycles. The second kappa shape index (κ2) is 4.97. The monoisotopic (exact) mass is 279 g/mol. The van der Waals surface area contributed by atoms with Crippen molar-refractivity contribution in [2.24, 2.45) is 4.99 Å². The molecule has 5 heteroatoms. The fourth-order valence-corrected chi connectivity index (χ4v) is 4.57. The molecule has 0 amide bonds. The van der Waals surface area contributed by atoms with Crippen LogP contribution in [0.1, 0.15) is 6.42 Å². The number of nitrogens with zero attached hydrogens (tertiary/aromatic N) is 1. The highest BCUT2D eigenvalue weighted by Crippen LogP contribution is 2.39. The van der Waals surface area contributed by atoms with Gasteiger partial charge in [-0.05, 0) is 18.1 Å². The van der Waals surface area contributed by atoms with Crippen LogP contribution in [-0.2, 0) is 9.53 Å². The summed E-state index contributed by atoms with van der Waals surface area (Å²) in [7, 11) is 1.62. The van der Waals surface area contributed by atoms with E-state index >= 15 is 0 Å². The zero-order valence-corrected chi connectivity index (χ0v) is 11.6. The summed E-state index contributed by atoms with van der Waals surface area (Å²) in [6.45, 7) is 0. The highest BCUT2D eigenvalue weighted by atomic mass is 32.2. The molecule has 2 heterocycles. The lowest BCUT2D eigenvalue weighted by atomic mass is 10.0. The van der Waals surface area contributed by atoms with Crippen LogP contribution in [0.25, 0.3) is 0 Å². The number of hydrogen-bond acceptors (Lipinski definition) is 5. The first-order valence-electron chi connectivity index (χ1n) is 5.81. The Balaban J connectivity index is 2.05. The molecule has 0 aromatic carbocycles. The maximum Gasteiger partial charge on any atom is 0.218 e. The van der Waals surface area contributed by atoms with E-state index in [1.165, 1.54) is 5.57 Å². The van der Waals surface area contributed by atoms with Crippen molar-refractivity contribution in [3.8, 4) is 0 Å². The van der Waals surface area contributed by atoms with Gasteiger partial charge in [0, 0.05) is 17.1 Å². The third kappa shape index (κ3) is 2.06. The van der Waals surface area contributed by atoms with E-state index in [-0.39, 0.29) is 11.0 Å².